The van der Waals surface area contributed by atoms with Crippen molar-refractivity contribution in [1.82, 2.24) is 0 Å². The maximum Gasteiger partial charge on any atom is 0.306 e. The van der Waals surface area contributed by atoms with Gasteiger partial charge in [0, 0.05) is 19.3 Å². The lowest BCUT2D eigenvalue weighted by Crippen LogP contribution is -2.30. The van der Waals surface area contributed by atoms with E-state index in [4.69, 9.17) is 14.2 Å². The Labute approximate surface area is 406 Å². The first kappa shape index (κ1) is 62.1. The summed E-state index contributed by atoms with van der Waals surface area (Å²) in [6.07, 6.45) is 72.2. The molecule has 0 saturated carbocycles. The zero-order valence-electron chi connectivity index (χ0n) is 42.7. The summed E-state index contributed by atoms with van der Waals surface area (Å²) in [5.74, 6) is -0.987. The summed E-state index contributed by atoms with van der Waals surface area (Å²) in [7, 11) is 0. The van der Waals surface area contributed by atoms with Crippen LogP contribution in [0.15, 0.2) is 109 Å². The van der Waals surface area contributed by atoms with E-state index >= 15 is 0 Å². The van der Waals surface area contributed by atoms with Gasteiger partial charge in [-0.1, -0.05) is 220 Å². The topological polar surface area (TPSA) is 78.9 Å². The predicted octanol–water partition coefficient (Wildman–Crippen LogP) is 17.9. The van der Waals surface area contributed by atoms with Crippen molar-refractivity contribution in [3.8, 4) is 0 Å². The Kier molecular flexibility index (Phi) is 50.5. The van der Waals surface area contributed by atoms with Crippen LogP contribution in [0.4, 0.5) is 0 Å². The molecule has 1 unspecified atom stereocenters. The zero-order valence-corrected chi connectivity index (χ0v) is 42.7. The molecule has 6 heteroatoms. The van der Waals surface area contributed by atoms with E-state index in [9.17, 15) is 14.4 Å². The molecular weight excluding hydrogens is 817 g/mol. The number of ether oxygens (including phenoxy) is 3. The van der Waals surface area contributed by atoms with Gasteiger partial charge in [0.2, 0.25) is 0 Å². The number of unbranched alkanes of at least 4 members (excludes halogenated alkanes) is 21. The van der Waals surface area contributed by atoms with E-state index in [1.54, 1.807) is 0 Å². The van der Waals surface area contributed by atoms with Crippen molar-refractivity contribution in [2.75, 3.05) is 13.2 Å². The van der Waals surface area contributed by atoms with Gasteiger partial charge in [-0.05, 0) is 103 Å². The van der Waals surface area contributed by atoms with Crippen molar-refractivity contribution in [1.29, 1.82) is 0 Å². The minimum absolute atomic E-state index is 0.108. The molecule has 0 aromatic rings. The average molecular weight is 915 g/mol. The van der Waals surface area contributed by atoms with Crippen molar-refractivity contribution in [3.05, 3.63) is 109 Å². The van der Waals surface area contributed by atoms with Crippen molar-refractivity contribution in [2.45, 2.75) is 239 Å². The summed E-state index contributed by atoms with van der Waals surface area (Å²) in [6, 6.07) is 0. The van der Waals surface area contributed by atoms with Gasteiger partial charge in [0.15, 0.2) is 6.10 Å². The molecule has 0 amide bonds. The van der Waals surface area contributed by atoms with Gasteiger partial charge in [-0.25, -0.2) is 0 Å². The summed E-state index contributed by atoms with van der Waals surface area (Å²) >= 11 is 0. The zero-order chi connectivity index (χ0) is 47.9. The van der Waals surface area contributed by atoms with E-state index in [2.05, 4.69) is 93.7 Å². The highest BCUT2D eigenvalue weighted by molar-refractivity contribution is 5.71. The van der Waals surface area contributed by atoms with Crippen LogP contribution in [-0.4, -0.2) is 37.2 Å². The second kappa shape index (κ2) is 53.7. The molecule has 0 N–H and O–H groups in total. The summed E-state index contributed by atoms with van der Waals surface area (Å²) < 4.78 is 16.8. The first-order valence-electron chi connectivity index (χ1n) is 26.9. The number of hydrogen-bond donors (Lipinski definition) is 0. The first-order valence-corrected chi connectivity index (χ1v) is 26.9. The SMILES string of the molecule is CC/C=C/C=C/C=C/C=C/CCCCCC(=O)OCC(COC(=O)CCCCCCCCC/C=C/CCCCCCCCCC)OC(=O)CCCCC/C=C/C/C=C/C/C=C/C/C=C/CC. The van der Waals surface area contributed by atoms with Crippen LogP contribution in [0.5, 0.6) is 0 Å². The minimum Gasteiger partial charge on any atom is -0.462 e. The normalized spacial score (nSPS) is 13.0. The molecule has 0 aliphatic carbocycles. The molecule has 66 heavy (non-hydrogen) atoms. The van der Waals surface area contributed by atoms with E-state index in [-0.39, 0.29) is 37.5 Å². The molecule has 0 fully saturated rings. The molecule has 0 saturated heterocycles. The second-order valence-corrected chi connectivity index (χ2v) is 17.5. The fraction of sp³-hybridized carbons (Fsp3) is 0.650. The van der Waals surface area contributed by atoms with Crippen molar-refractivity contribution >= 4 is 17.9 Å². The number of carbonyl (C=O) groups excluding carboxylic acids is 3. The van der Waals surface area contributed by atoms with E-state index in [1.165, 1.54) is 89.9 Å². The number of hydrogen-bond acceptors (Lipinski definition) is 6. The van der Waals surface area contributed by atoms with Crippen molar-refractivity contribution < 1.29 is 28.6 Å². The van der Waals surface area contributed by atoms with Gasteiger partial charge in [-0.15, -0.1) is 0 Å². The van der Waals surface area contributed by atoms with E-state index in [0.29, 0.717) is 19.3 Å². The third kappa shape index (κ3) is 51.1. The maximum atomic E-state index is 12.8. The van der Waals surface area contributed by atoms with E-state index in [1.807, 2.05) is 36.5 Å². The van der Waals surface area contributed by atoms with Crippen LogP contribution in [0.25, 0.3) is 0 Å². The molecule has 0 heterocycles. The van der Waals surface area contributed by atoms with E-state index < -0.39 is 6.10 Å². The minimum atomic E-state index is -0.814. The molecule has 0 aromatic carbocycles. The quantitative estimate of drug-likeness (QED) is 0.0199. The highest BCUT2D eigenvalue weighted by atomic mass is 16.6. The first-order chi connectivity index (χ1) is 32.5. The van der Waals surface area contributed by atoms with Gasteiger partial charge in [-0.2, -0.15) is 0 Å². The highest BCUT2D eigenvalue weighted by Gasteiger charge is 2.19. The Bertz CT molecular complexity index is 1370. The summed E-state index contributed by atoms with van der Waals surface area (Å²) in [5.41, 5.74) is 0. The Morgan fingerprint density at radius 1 is 0.333 bits per heavy atom. The smallest absolute Gasteiger partial charge is 0.306 e. The number of rotatable bonds is 47. The summed E-state index contributed by atoms with van der Waals surface area (Å²) in [4.78, 5) is 38.0. The third-order valence-electron chi connectivity index (χ3n) is 11.1. The molecule has 0 aromatic heterocycles. The molecule has 0 spiro atoms. The lowest BCUT2D eigenvalue weighted by atomic mass is 10.1. The molecule has 6 nitrogen and oxygen atoms in total. The predicted molar refractivity (Wildman–Crippen MR) is 283 cm³/mol. The molecule has 374 valence electrons. The standard InChI is InChI=1S/C60H98O6/c1-4-7-10-13-16-19-22-25-27-29-30-31-33-35-38-41-44-47-50-53-59(62)65-56-57(55-64-58(61)52-49-46-43-40-37-34-24-21-18-15-12-9-6-3)66-60(63)54-51-48-45-42-39-36-32-28-26-23-20-17-14-11-8-5-2/h8-9,11-12,15,17-18,20-21,24,26,28-30,34,36-37,39,57H,4-7,10,13-14,16,19,22-23,25,27,31-33,35,38,40-56H2,1-3H3/b11-8+,12-9+,18-15+,20-17+,24-21+,28-26+,30-29+,37-34+,39-36+. The number of allylic oxidation sites excluding steroid dienone is 18. The largest absolute Gasteiger partial charge is 0.462 e. The second-order valence-electron chi connectivity index (χ2n) is 17.5. The monoisotopic (exact) mass is 915 g/mol. The van der Waals surface area contributed by atoms with Crippen molar-refractivity contribution in [2.24, 2.45) is 0 Å². The Morgan fingerprint density at radius 2 is 0.667 bits per heavy atom. The molecule has 0 bridgehead atoms. The molecule has 0 rings (SSSR count). The Hall–Kier alpha value is -3.93. The maximum absolute atomic E-state index is 12.8. The summed E-state index contributed by atoms with van der Waals surface area (Å²) in [5, 5.41) is 0. The molecule has 1 atom stereocenters. The van der Waals surface area contributed by atoms with Gasteiger partial charge in [-0.3, -0.25) is 14.4 Å². The molecule has 0 radical (unpaired) electrons. The van der Waals surface area contributed by atoms with Gasteiger partial charge < -0.3 is 14.2 Å². The van der Waals surface area contributed by atoms with Crippen LogP contribution in [-0.2, 0) is 28.6 Å². The summed E-state index contributed by atoms with van der Waals surface area (Å²) in [6.45, 7) is 6.31. The van der Waals surface area contributed by atoms with Crippen LogP contribution < -0.4 is 0 Å². The molecule has 0 aliphatic heterocycles. The Balaban J connectivity index is 4.48. The average Bonchev–Trinajstić information content (AvgIpc) is 3.31. The van der Waals surface area contributed by atoms with Crippen molar-refractivity contribution in [3.63, 3.8) is 0 Å². The molecular formula is C60H98O6. The van der Waals surface area contributed by atoms with Crippen LogP contribution in [0.2, 0.25) is 0 Å². The number of esters is 3. The highest BCUT2D eigenvalue weighted by Crippen LogP contribution is 2.14. The van der Waals surface area contributed by atoms with Gasteiger partial charge in [0.05, 0.1) is 0 Å². The van der Waals surface area contributed by atoms with Gasteiger partial charge >= 0.3 is 17.9 Å². The fourth-order valence-electron chi connectivity index (χ4n) is 7.08. The van der Waals surface area contributed by atoms with E-state index in [0.717, 1.165) is 96.3 Å². The Morgan fingerprint density at radius 3 is 1.14 bits per heavy atom. The lowest BCUT2D eigenvalue weighted by molar-refractivity contribution is -0.167. The van der Waals surface area contributed by atoms with Gasteiger partial charge in [0.25, 0.3) is 0 Å². The van der Waals surface area contributed by atoms with Gasteiger partial charge in [0.1, 0.15) is 13.2 Å². The van der Waals surface area contributed by atoms with Crippen LogP contribution >= 0.6 is 0 Å². The third-order valence-corrected chi connectivity index (χ3v) is 11.1. The van der Waals surface area contributed by atoms with Crippen LogP contribution in [0.1, 0.15) is 233 Å². The van der Waals surface area contributed by atoms with Crippen LogP contribution in [0.3, 0.4) is 0 Å². The number of carbonyl (C=O) groups is 3. The lowest BCUT2D eigenvalue weighted by Gasteiger charge is -2.18. The fourth-order valence-corrected chi connectivity index (χ4v) is 7.08. The molecule has 0 aliphatic rings. The van der Waals surface area contributed by atoms with Crippen LogP contribution in [0, 0.1) is 0 Å².